The molecule has 0 aromatic rings. The number of hydrogen-bond acceptors (Lipinski definition) is 2. The number of unbranched alkanes of at least 4 members (excludes halogenated alkanes) is 2. The number of aliphatic hydroxyl groups excluding tert-OH is 1. The lowest BCUT2D eigenvalue weighted by Crippen LogP contribution is -1.97. The maximum Gasteiger partial charge on any atom is 0.303 e. The minimum absolute atomic E-state index is 0.185. The molecule has 1 unspecified atom stereocenters. The van der Waals surface area contributed by atoms with Gasteiger partial charge in [0, 0.05) is 6.42 Å². The van der Waals surface area contributed by atoms with Gasteiger partial charge in [0.2, 0.25) is 0 Å². The summed E-state index contributed by atoms with van der Waals surface area (Å²) in [6.07, 6.45) is 24.5. The van der Waals surface area contributed by atoms with Crippen LogP contribution in [0.15, 0.2) is 48.6 Å². The predicted octanol–water partition coefficient (Wildman–Crippen LogP) is 5.19. The first kappa shape index (κ1) is 21.4. The van der Waals surface area contributed by atoms with Gasteiger partial charge in [0.15, 0.2) is 0 Å². The third kappa shape index (κ3) is 20.4. The molecular formula is C20H32O3. The summed E-state index contributed by atoms with van der Waals surface area (Å²) in [5, 5.41) is 17.6. The van der Waals surface area contributed by atoms with Crippen molar-refractivity contribution in [3.05, 3.63) is 48.6 Å². The van der Waals surface area contributed by atoms with Gasteiger partial charge in [0.05, 0.1) is 6.10 Å². The van der Waals surface area contributed by atoms with Crippen molar-refractivity contribution < 1.29 is 15.0 Å². The van der Waals surface area contributed by atoms with E-state index in [-0.39, 0.29) is 12.5 Å². The SMILES string of the molecule is CC(O)CCCC=CCC=CCC=CCC=CCCCC(=O)O. The van der Waals surface area contributed by atoms with Crippen molar-refractivity contribution in [2.45, 2.75) is 70.8 Å². The highest BCUT2D eigenvalue weighted by Crippen LogP contribution is 2.02. The van der Waals surface area contributed by atoms with E-state index >= 15 is 0 Å². The molecule has 0 bridgehead atoms. The third-order valence-electron chi connectivity index (χ3n) is 3.24. The molecule has 23 heavy (non-hydrogen) atoms. The molecule has 2 N–H and O–H groups in total. The highest BCUT2D eigenvalue weighted by molar-refractivity contribution is 5.66. The zero-order valence-corrected chi connectivity index (χ0v) is 14.4. The second kappa shape index (κ2) is 16.8. The van der Waals surface area contributed by atoms with Crippen LogP contribution < -0.4 is 0 Å². The van der Waals surface area contributed by atoms with Gasteiger partial charge in [-0.05, 0) is 58.3 Å². The Morgan fingerprint density at radius 1 is 0.826 bits per heavy atom. The van der Waals surface area contributed by atoms with Crippen molar-refractivity contribution in [3.8, 4) is 0 Å². The molecule has 0 fully saturated rings. The van der Waals surface area contributed by atoms with Gasteiger partial charge in [-0.25, -0.2) is 0 Å². The number of carbonyl (C=O) groups is 1. The maximum absolute atomic E-state index is 10.3. The fourth-order valence-corrected chi connectivity index (χ4v) is 1.95. The molecule has 0 heterocycles. The first-order valence-corrected chi connectivity index (χ1v) is 8.62. The van der Waals surface area contributed by atoms with Gasteiger partial charge in [0.25, 0.3) is 0 Å². The van der Waals surface area contributed by atoms with Crippen LogP contribution in [0.25, 0.3) is 0 Å². The van der Waals surface area contributed by atoms with Crippen LogP contribution in [-0.2, 0) is 4.79 Å². The van der Waals surface area contributed by atoms with E-state index in [1.165, 1.54) is 0 Å². The summed E-state index contributed by atoms with van der Waals surface area (Å²) in [6.45, 7) is 1.83. The lowest BCUT2D eigenvalue weighted by molar-refractivity contribution is -0.137. The molecule has 0 rings (SSSR count). The Bertz CT molecular complexity index is 390. The van der Waals surface area contributed by atoms with E-state index in [4.69, 9.17) is 10.2 Å². The van der Waals surface area contributed by atoms with Gasteiger partial charge in [-0.15, -0.1) is 0 Å². The predicted molar refractivity (Wildman–Crippen MR) is 97.4 cm³/mol. The molecule has 0 aliphatic rings. The Morgan fingerprint density at radius 3 is 1.70 bits per heavy atom. The van der Waals surface area contributed by atoms with Gasteiger partial charge in [-0.1, -0.05) is 48.6 Å². The fourth-order valence-electron chi connectivity index (χ4n) is 1.95. The molecule has 3 nitrogen and oxygen atoms in total. The molecule has 130 valence electrons. The number of aliphatic carboxylic acids is 1. The molecule has 0 saturated heterocycles. The van der Waals surface area contributed by atoms with Crippen molar-refractivity contribution >= 4 is 5.97 Å². The smallest absolute Gasteiger partial charge is 0.303 e. The molecule has 0 aliphatic carbocycles. The number of carboxylic acid groups (broad SMARTS) is 1. The Labute approximate surface area is 141 Å². The van der Waals surface area contributed by atoms with Crippen molar-refractivity contribution in [2.24, 2.45) is 0 Å². The summed E-state index contributed by atoms with van der Waals surface area (Å²) < 4.78 is 0. The first-order chi connectivity index (χ1) is 11.1. The molecule has 0 saturated carbocycles. The van der Waals surface area contributed by atoms with E-state index in [9.17, 15) is 4.79 Å². The summed E-state index contributed by atoms with van der Waals surface area (Å²) in [4.78, 5) is 10.3. The Hall–Kier alpha value is -1.61. The highest BCUT2D eigenvalue weighted by atomic mass is 16.4. The van der Waals surface area contributed by atoms with E-state index in [1.54, 1.807) is 0 Å². The topological polar surface area (TPSA) is 57.5 Å². The standard InChI is InChI=1S/C20H32O3/c1-19(21)17-15-13-11-9-7-5-3-2-4-6-8-10-12-14-16-18-20(22)23/h3-6,9-12,19,21H,2,7-8,13-18H2,1H3,(H,22,23). The zero-order valence-electron chi connectivity index (χ0n) is 14.4. The van der Waals surface area contributed by atoms with Gasteiger partial charge < -0.3 is 10.2 Å². The number of rotatable bonds is 14. The van der Waals surface area contributed by atoms with Crippen LogP contribution in [0.2, 0.25) is 0 Å². The molecule has 0 aromatic carbocycles. The van der Waals surface area contributed by atoms with E-state index in [0.717, 1.165) is 44.9 Å². The van der Waals surface area contributed by atoms with Crippen LogP contribution in [-0.4, -0.2) is 22.3 Å². The maximum atomic E-state index is 10.3. The summed E-state index contributed by atoms with van der Waals surface area (Å²) in [5.41, 5.74) is 0. The van der Waals surface area contributed by atoms with E-state index in [1.807, 2.05) is 13.0 Å². The van der Waals surface area contributed by atoms with Gasteiger partial charge in [0.1, 0.15) is 0 Å². The minimum atomic E-state index is -0.723. The molecule has 1 atom stereocenters. The highest BCUT2D eigenvalue weighted by Gasteiger charge is 1.93. The number of hydrogen-bond donors (Lipinski definition) is 2. The van der Waals surface area contributed by atoms with E-state index in [0.29, 0.717) is 6.42 Å². The summed E-state index contributed by atoms with van der Waals surface area (Å²) in [7, 11) is 0. The van der Waals surface area contributed by atoms with Gasteiger partial charge in [-0.3, -0.25) is 4.79 Å². The summed E-state index contributed by atoms with van der Waals surface area (Å²) in [6, 6.07) is 0. The average molecular weight is 320 g/mol. The van der Waals surface area contributed by atoms with Gasteiger partial charge in [-0.2, -0.15) is 0 Å². The quantitative estimate of drug-likeness (QED) is 0.342. The summed E-state index contributed by atoms with van der Waals surface area (Å²) >= 11 is 0. The zero-order chi connectivity index (χ0) is 17.2. The van der Waals surface area contributed by atoms with Crippen molar-refractivity contribution in [2.75, 3.05) is 0 Å². The molecule has 3 heteroatoms. The van der Waals surface area contributed by atoms with E-state index < -0.39 is 5.97 Å². The van der Waals surface area contributed by atoms with Crippen molar-refractivity contribution in [1.82, 2.24) is 0 Å². The Morgan fingerprint density at radius 2 is 1.26 bits per heavy atom. The average Bonchev–Trinajstić information content (AvgIpc) is 2.49. The normalized spacial score (nSPS) is 13.8. The minimum Gasteiger partial charge on any atom is -0.481 e. The van der Waals surface area contributed by atoms with Crippen LogP contribution >= 0.6 is 0 Å². The Balaban J connectivity index is 3.43. The second-order valence-electron chi connectivity index (χ2n) is 5.66. The lowest BCUT2D eigenvalue weighted by Gasteiger charge is -1.99. The number of allylic oxidation sites excluding steroid dienone is 8. The van der Waals surface area contributed by atoms with Crippen LogP contribution in [0, 0.1) is 0 Å². The summed E-state index contributed by atoms with van der Waals surface area (Å²) in [5.74, 6) is -0.723. The van der Waals surface area contributed by atoms with Crippen molar-refractivity contribution in [3.63, 3.8) is 0 Å². The fraction of sp³-hybridized carbons (Fsp3) is 0.550. The molecule has 0 aliphatic heterocycles. The van der Waals surface area contributed by atoms with Crippen LogP contribution in [0.3, 0.4) is 0 Å². The van der Waals surface area contributed by atoms with Crippen LogP contribution in [0.1, 0.15) is 64.7 Å². The Kier molecular flexibility index (Phi) is 15.6. The first-order valence-electron chi connectivity index (χ1n) is 8.62. The van der Waals surface area contributed by atoms with Crippen LogP contribution in [0.5, 0.6) is 0 Å². The van der Waals surface area contributed by atoms with Gasteiger partial charge >= 0.3 is 5.97 Å². The van der Waals surface area contributed by atoms with Crippen LogP contribution in [0.4, 0.5) is 0 Å². The monoisotopic (exact) mass is 320 g/mol. The molecule has 0 radical (unpaired) electrons. The lowest BCUT2D eigenvalue weighted by atomic mass is 10.1. The molecule has 0 aromatic heterocycles. The second-order valence-corrected chi connectivity index (χ2v) is 5.66. The third-order valence-corrected chi connectivity index (χ3v) is 3.24. The number of carboxylic acids is 1. The van der Waals surface area contributed by atoms with Crippen molar-refractivity contribution in [1.29, 1.82) is 0 Å². The number of aliphatic hydroxyl groups is 1. The molecule has 0 spiro atoms. The largest absolute Gasteiger partial charge is 0.481 e. The van der Waals surface area contributed by atoms with E-state index in [2.05, 4.69) is 42.5 Å². The molecular weight excluding hydrogens is 288 g/mol. The molecule has 0 amide bonds.